The lowest BCUT2D eigenvalue weighted by Crippen LogP contribution is -2.44. The van der Waals surface area contributed by atoms with Gasteiger partial charge in [-0.05, 0) is 118 Å². The summed E-state index contributed by atoms with van der Waals surface area (Å²) in [5.41, 5.74) is 8.97. The van der Waals surface area contributed by atoms with Gasteiger partial charge in [-0.25, -0.2) is 4.98 Å². The van der Waals surface area contributed by atoms with E-state index in [0.717, 1.165) is 94.7 Å². The van der Waals surface area contributed by atoms with Gasteiger partial charge in [0, 0.05) is 42.0 Å². The van der Waals surface area contributed by atoms with Gasteiger partial charge < -0.3 is 23.9 Å². The molecule has 10 nitrogen and oxygen atoms in total. The number of nitriles is 1. The lowest BCUT2D eigenvalue weighted by Gasteiger charge is -2.33. The Kier molecular flexibility index (Phi) is 11.0. The number of nitrogens with zero attached hydrogens (tertiary/aromatic N) is 5. The highest BCUT2D eigenvalue weighted by Crippen LogP contribution is 2.38. The Labute approximate surface area is 314 Å². The minimum atomic E-state index is -0.830. The van der Waals surface area contributed by atoms with Gasteiger partial charge in [-0.2, -0.15) is 5.26 Å². The number of carboxylic acid groups (broad SMARTS) is 1. The first-order valence-corrected chi connectivity index (χ1v) is 18.6. The predicted molar refractivity (Wildman–Crippen MR) is 203 cm³/mol. The van der Waals surface area contributed by atoms with Crippen LogP contribution >= 0.6 is 11.6 Å². The van der Waals surface area contributed by atoms with Gasteiger partial charge >= 0.3 is 5.97 Å². The SMILES string of the molecule is Cc1c(COc2cc(OCc3cncc(C#N)c3)c(CN3CCCC[C@H]3C(=O)O)cc2Cl)cccc1-c1cc(C)c2oc(C3CCN(C)CC3)nc2c1. The molecule has 0 unspecified atom stereocenters. The Morgan fingerprint density at radius 3 is 2.60 bits per heavy atom. The number of aryl methyl sites for hydroxylation is 1. The summed E-state index contributed by atoms with van der Waals surface area (Å²) < 4.78 is 19.0. The van der Waals surface area contributed by atoms with Crippen LogP contribution in [0.2, 0.25) is 5.02 Å². The molecule has 7 rings (SSSR count). The zero-order valence-electron chi connectivity index (χ0n) is 30.4. The topological polar surface area (TPSA) is 125 Å². The molecule has 2 aliphatic heterocycles. The van der Waals surface area contributed by atoms with E-state index in [1.807, 2.05) is 17.0 Å². The van der Waals surface area contributed by atoms with E-state index in [1.54, 1.807) is 18.3 Å². The number of carboxylic acids is 1. The van der Waals surface area contributed by atoms with Crippen LogP contribution in [0.3, 0.4) is 0 Å². The highest BCUT2D eigenvalue weighted by atomic mass is 35.5. The van der Waals surface area contributed by atoms with E-state index in [2.05, 4.69) is 61.1 Å². The molecule has 0 radical (unpaired) electrons. The Balaban J connectivity index is 1.13. The van der Waals surface area contributed by atoms with Crippen LogP contribution in [0.25, 0.3) is 22.2 Å². The largest absolute Gasteiger partial charge is 0.488 e. The normalized spacial score (nSPS) is 17.2. The van der Waals surface area contributed by atoms with Crippen molar-refractivity contribution >= 4 is 28.7 Å². The van der Waals surface area contributed by atoms with Crippen molar-refractivity contribution in [1.29, 1.82) is 5.26 Å². The van der Waals surface area contributed by atoms with Crippen molar-refractivity contribution in [3.63, 3.8) is 0 Å². The van der Waals surface area contributed by atoms with Crippen molar-refractivity contribution in [2.75, 3.05) is 26.7 Å². The van der Waals surface area contributed by atoms with Crippen molar-refractivity contribution < 1.29 is 23.8 Å². The fraction of sp³-hybridized carbons (Fsp3) is 0.381. The van der Waals surface area contributed by atoms with Gasteiger partial charge in [0.15, 0.2) is 11.5 Å². The third kappa shape index (κ3) is 8.18. The van der Waals surface area contributed by atoms with Crippen LogP contribution in [0.1, 0.15) is 77.3 Å². The smallest absolute Gasteiger partial charge is 0.320 e. The second-order valence-electron chi connectivity index (χ2n) is 14.3. The molecule has 2 fully saturated rings. The molecule has 11 heteroatoms. The van der Waals surface area contributed by atoms with Crippen molar-refractivity contribution in [3.8, 4) is 28.7 Å². The van der Waals surface area contributed by atoms with Gasteiger partial charge in [-0.3, -0.25) is 14.7 Å². The second-order valence-corrected chi connectivity index (χ2v) is 14.7. The molecule has 53 heavy (non-hydrogen) atoms. The lowest BCUT2D eigenvalue weighted by molar-refractivity contribution is -0.144. The van der Waals surface area contributed by atoms with Gasteiger partial charge in [-0.15, -0.1) is 0 Å². The average Bonchev–Trinajstić information content (AvgIpc) is 3.60. The molecular weight excluding hydrogens is 690 g/mol. The standard InChI is InChI=1S/C42H44ClN5O5/c1-26-15-32(18-36-40(26)53-41(46-36)30-10-13-47(3)14-11-30)34-8-6-7-31(27(34)2)25-52-39-19-38(51-24-29-16-28(20-44)21-45-22-29)33(17-35(39)43)23-48-12-5-4-9-37(48)42(49)50/h6-8,15-19,21-22,30,37H,4-5,9-14,23-25H2,1-3H3,(H,49,50)/t37-/m0/s1. The first-order chi connectivity index (χ1) is 25.7. The Morgan fingerprint density at radius 2 is 1.81 bits per heavy atom. The fourth-order valence-corrected chi connectivity index (χ4v) is 7.76. The van der Waals surface area contributed by atoms with Crippen LogP contribution < -0.4 is 9.47 Å². The van der Waals surface area contributed by atoms with Gasteiger partial charge in [0.25, 0.3) is 0 Å². The van der Waals surface area contributed by atoms with Gasteiger partial charge in [0.05, 0.1) is 10.6 Å². The number of ether oxygens (including phenoxy) is 2. The maximum Gasteiger partial charge on any atom is 0.320 e. The second kappa shape index (κ2) is 16.0. The summed E-state index contributed by atoms with van der Waals surface area (Å²) in [4.78, 5) is 25.5. The first-order valence-electron chi connectivity index (χ1n) is 18.2. The Bertz CT molecular complexity index is 2170. The van der Waals surface area contributed by atoms with Crippen LogP contribution in [0.4, 0.5) is 0 Å². The van der Waals surface area contributed by atoms with Crippen LogP contribution in [0.15, 0.2) is 65.3 Å². The van der Waals surface area contributed by atoms with E-state index < -0.39 is 12.0 Å². The van der Waals surface area contributed by atoms with Crippen LogP contribution in [-0.2, 0) is 24.6 Å². The molecule has 0 aliphatic carbocycles. The average molecular weight is 734 g/mol. The summed E-state index contributed by atoms with van der Waals surface area (Å²) in [5, 5.41) is 19.7. The van der Waals surface area contributed by atoms with E-state index in [9.17, 15) is 15.2 Å². The molecule has 2 saturated heterocycles. The highest BCUT2D eigenvalue weighted by molar-refractivity contribution is 6.32. The van der Waals surface area contributed by atoms with Gasteiger partial charge in [0.1, 0.15) is 42.3 Å². The highest BCUT2D eigenvalue weighted by Gasteiger charge is 2.30. The number of hydrogen-bond acceptors (Lipinski definition) is 9. The molecule has 0 bridgehead atoms. The summed E-state index contributed by atoms with van der Waals surface area (Å²) in [7, 11) is 2.16. The number of likely N-dealkylation sites (tertiary alicyclic amines) is 2. The number of aliphatic carboxylic acids is 1. The molecular formula is C42H44ClN5O5. The summed E-state index contributed by atoms with van der Waals surface area (Å²) in [6.45, 7) is 7.73. The van der Waals surface area contributed by atoms with Crippen LogP contribution in [-0.4, -0.2) is 63.6 Å². The zero-order chi connectivity index (χ0) is 37.1. The number of fused-ring (bicyclic) bond motifs is 1. The molecule has 0 saturated carbocycles. The van der Waals surface area contributed by atoms with E-state index in [-0.39, 0.29) is 13.2 Å². The van der Waals surface area contributed by atoms with Crippen molar-refractivity contribution in [3.05, 3.63) is 105 Å². The minimum absolute atomic E-state index is 0.162. The molecule has 274 valence electrons. The van der Waals surface area contributed by atoms with E-state index >= 15 is 0 Å². The molecule has 1 atom stereocenters. The molecule has 4 heterocycles. The fourth-order valence-electron chi connectivity index (χ4n) is 7.52. The monoisotopic (exact) mass is 733 g/mol. The Hall–Kier alpha value is -4.95. The number of piperidine rings is 2. The summed E-state index contributed by atoms with van der Waals surface area (Å²) in [5.74, 6) is 1.33. The Morgan fingerprint density at radius 1 is 1.00 bits per heavy atom. The van der Waals surface area contributed by atoms with Crippen LogP contribution in [0.5, 0.6) is 11.5 Å². The summed E-state index contributed by atoms with van der Waals surface area (Å²) >= 11 is 6.87. The van der Waals surface area contributed by atoms with Gasteiger partial charge in [-0.1, -0.05) is 36.2 Å². The molecule has 3 aromatic carbocycles. The van der Waals surface area contributed by atoms with Crippen molar-refractivity contribution in [2.45, 2.75) is 77.7 Å². The van der Waals surface area contributed by atoms with Crippen molar-refractivity contribution in [1.82, 2.24) is 19.8 Å². The van der Waals surface area contributed by atoms with E-state index in [4.69, 9.17) is 30.5 Å². The lowest BCUT2D eigenvalue weighted by atomic mass is 9.95. The predicted octanol–water partition coefficient (Wildman–Crippen LogP) is 8.44. The number of carbonyl (C=O) groups is 1. The maximum absolute atomic E-state index is 12.1. The summed E-state index contributed by atoms with van der Waals surface area (Å²) in [6, 6.07) is 17.3. The molecule has 0 spiro atoms. The van der Waals surface area contributed by atoms with Gasteiger partial charge in [0.2, 0.25) is 0 Å². The number of hydrogen-bond donors (Lipinski definition) is 1. The third-order valence-electron chi connectivity index (χ3n) is 10.6. The third-order valence-corrected chi connectivity index (χ3v) is 10.9. The number of benzene rings is 3. The molecule has 2 aromatic heterocycles. The molecule has 1 N–H and O–H groups in total. The molecule has 5 aromatic rings. The van der Waals surface area contributed by atoms with Crippen molar-refractivity contribution in [2.24, 2.45) is 0 Å². The van der Waals surface area contributed by atoms with E-state index in [1.165, 1.54) is 6.20 Å². The molecule has 0 amide bonds. The quantitative estimate of drug-likeness (QED) is 0.141. The number of aromatic nitrogens is 2. The number of rotatable bonds is 11. The number of halogens is 1. The molecule has 2 aliphatic rings. The van der Waals surface area contributed by atoms with E-state index in [0.29, 0.717) is 47.5 Å². The zero-order valence-corrected chi connectivity index (χ0v) is 31.2. The number of pyridine rings is 1. The first kappa shape index (κ1) is 36.4. The summed E-state index contributed by atoms with van der Waals surface area (Å²) in [6.07, 6.45) is 7.65. The number of oxazole rings is 1. The maximum atomic E-state index is 12.1. The minimum Gasteiger partial charge on any atom is -0.488 e. The van der Waals surface area contributed by atoms with Crippen LogP contribution in [0, 0.1) is 25.2 Å².